The number of rotatable bonds is 0. The predicted octanol–water partition coefficient (Wildman–Crippen LogP) is 0.743. The molecule has 0 spiro atoms. The van der Waals surface area contributed by atoms with Gasteiger partial charge in [0.1, 0.15) is 11.8 Å². The fourth-order valence-corrected chi connectivity index (χ4v) is 1.09. The summed E-state index contributed by atoms with van der Waals surface area (Å²) in [6.45, 7) is 1.83. The minimum absolute atomic E-state index is 0.0376. The van der Waals surface area contributed by atoms with Gasteiger partial charge in [-0.3, -0.25) is 9.38 Å². The largest absolute Gasteiger partial charge is 0.492 e. The Kier molecular flexibility index (Phi) is 1.09. The lowest BCUT2D eigenvalue weighted by molar-refractivity contribution is 0.462. The van der Waals surface area contributed by atoms with Gasteiger partial charge in [0.2, 0.25) is 5.88 Å². The second-order valence-corrected chi connectivity index (χ2v) is 2.34. The fourth-order valence-electron chi connectivity index (χ4n) is 1.09. The van der Waals surface area contributed by atoms with Crippen LogP contribution in [0.25, 0.3) is 5.52 Å². The second-order valence-electron chi connectivity index (χ2n) is 2.34. The van der Waals surface area contributed by atoms with Crippen molar-refractivity contribution < 1.29 is 5.11 Å². The van der Waals surface area contributed by atoms with Crippen LogP contribution in [0.2, 0.25) is 0 Å². The zero-order valence-corrected chi connectivity index (χ0v) is 6.02. The van der Waals surface area contributed by atoms with Gasteiger partial charge in [0, 0.05) is 12.4 Å². The molecule has 2 aromatic rings. The first-order valence-electron chi connectivity index (χ1n) is 3.26. The van der Waals surface area contributed by atoms with E-state index < -0.39 is 0 Å². The molecule has 2 heterocycles. The number of fused-ring (bicyclic) bond motifs is 1. The van der Waals surface area contributed by atoms with Crippen molar-refractivity contribution in [3.8, 4) is 5.88 Å². The average Bonchev–Trinajstić information content (AvgIpc) is 2.34. The number of imidazole rings is 1. The van der Waals surface area contributed by atoms with E-state index in [-0.39, 0.29) is 5.88 Å². The number of hydrogen-bond donors (Lipinski definition) is 1. The third-order valence-corrected chi connectivity index (χ3v) is 1.61. The van der Waals surface area contributed by atoms with E-state index in [1.165, 1.54) is 0 Å². The molecule has 0 amide bonds. The van der Waals surface area contributed by atoms with E-state index in [9.17, 15) is 5.11 Å². The minimum atomic E-state index is 0.0376. The summed E-state index contributed by atoms with van der Waals surface area (Å²) in [7, 11) is 0. The van der Waals surface area contributed by atoms with Gasteiger partial charge >= 0.3 is 0 Å². The Labute approximate surface area is 63.1 Å². The van der Waals surface area contributed by atoms with Crippen molar-refractivity contribution in [1.29, 1.82) is 0 Å². The zero-order chi connectivity index (χ0) is 7.84. The molecule has 0 aliphatic carbocycles. The van der Waals surface area contributed by atoms with E-state index in [1.807, 2.05) is 6.92 Å². The summed E-state index contributed by atoms with van der Waals surface area (Å²) in [5.74, 6) is 0.0376. The van der Waals surface area contributed by atoms with Crippen LogP contribution in [0.3, 0.4) is 0 Å². The van der Waals surface area contributed by atoms with Crippen LogP contribution in [0.1, 0.15) is 5.69 Å². The molecule has 0 radical (unpaired) electrons. The monoisotopic (exact) mass is 149 g/mol. The van der Waals surface area contributed by atoms with Crippen LogP contribution in [0.4, 0.5) is 0 Å². The Morgan fingerprint density at radius 2 is 2.27 bits per heavy atom. The quantitative estimate of drug-likeness (QED) is 0.601. The van der Waals surface area contributed by atoms with E-state index in [1.54, 1.807) is 23.1 Å². The van der Waals surface area contributed by atoms with Crippen LogP contribution >= 0.6 is 0 Å². The Balaban J connectivity index is 2.96. The molecule has 0 fully saturated rings. The summed E-state index contributed by atoms with van der Waals surface area (Å²) in [5.41, 5.74) is 1.45. The number of nitrogens with zero attached hydrogens (tertiary/aromatic N) is 3. The highest BCUT2D eigenvalue weighted by molar-refractivity contribution is 5.59. The van der Waals surface area contributed by atoms with Crippen molar-refractivity contribution in [3.63, 3.8) is 0 Å². The average molecular weight is 149 g/mol. The van der Waals surface area contributed by atoms with Gasteiger partial charge in [-0.15, -0.1) is 0 Å². The first-order valence-corrected chi connectivity index (χ1v) is 3.26. The third-order valence-electron chi connectivity index (χ3n) is 1.61. The summed E-state index contributed by atoms with van der Waals surface area (Å²) in [6.07, 6.45) is 4.97. The number of aromatic nitrogens is 3. The van der Waals surface area contributed by atoms with Crippen LogP contribution in [0, 0.1) is 6.92 Å². The molecule has 0 saturated carbocycles. The highest BCUT2D eigenvalue weighted by Crippen LogP contribution is 2.16. The van der Waals surface area contributed by atoms with Gasteiger partial charge in [-0.25, -0.2) is 4.98 Å². The molecule has 4 nitrogen and oxygen atoms in total. The van der Waals surface area contributed by atoms with Crippen molar-refractivity contribution in [2.24, 2.45) is 0 Å². The minimum Gasteiger partial charge on any atom is -0.492 e. The zero-order valence-electron chi connectivity index (χ0n) is 6.02. The van der Waals surface area contributed by atoms with Gasteiger partial charge in [0.25, 0.3) is 0 Å². The van der Waals surface area contributed by atoms with Crippen LogP contribution < -0.4 is 0 Å². The van der Waals surface area contributed by atoms with Gasteiger partial charge in [0.15, 0.2) is 0 Å². The fraction of sp³-hybridized carbons (Fsp3) is 0.143. The van der Waals surface area contributed by atoms with Crippen molar-refractivity contribution in [3.05, 3.63) is 24.4 Å². The van der Waals surface area contributed by atoms with Gasteiger partial charge < -0.3 is 5.11 Å². The van der Waals surface area contributed by atoms with E-state index in [4.69, 9.17) is 0 Å². The molecule has 1 N–H and O–H groups in total. The molecule has 0 aromatic carbocycles. The summed E-state index contributed by atoms with van der Waals surface area (Å²) in [4.78, 5) is 7.75. The Morgan fingerprint density at radius 1 is 1.45 bits per heavy atom. The lowest BCUT2D eigenvalue weighted by Gasteiger charge is -1.94. The maximum absolute atomic E-state index is 9.22. The highest BCUT2D eigenvalue weighted by atomic mass is 16.3. The molecule has 0 aliphatic heterocycles. The maximum atomic E-state index is 9.22. The summed E-state index contributed by atoms with van der Waals surface area (Å²) < 4.78 is 1.73. The summed E-state index contributed by atoms with van der Waals surface area (Å²) in [6, 6.07) is 0. The lowest BCUT2D eigenvalue weighted by atomic mass is 10.4. The van der Waals surface area contributed by atoms with Crippen molar-refractivity contribution >= 4 is 5.52 Å². The molecular formula is C7H7N3O. The third kappa shape index (κ3) is 0.756. The lowest BCUT2D eigenvalue weighted by Crippen LogP contribution is -1.87. The molecule has 2 rings (SSSR count). The molecule has 0 unspecified atom stereocenters. The molecular weight excluding hydrogens is 142 g/mol. The molecule has 11 heavy (non-hydrogen) atoms. The molecule has 0 bridgehead atoms. The summed E-state index contributed by atoms with van der Waals surface area (Å²) >= 11 is 0. The van der Waals surface area contributed by atoms with Crippen molar-refractivity contribution in [2.75, 3.05) is 0 Å². The van der Waals surface area contributed by atoms with Crippen LogP contribution in [-0.4, -0.2) is 19.5 Å². The van der Waals surface area contributed by atoms with E-state index in [0.717, 1.165) is 5.69 Å². The smallest absolute Gasteiger partial charge is 0.239 e. The second kappa shape index (κ2) is 1.95. The van der Waals surface area contributed by atoms with Crippen LogP contribution in [0.5, 0.6) is 5.88 Å². The summed E-state index contributed by atoms with van der Waals surface area (Å²) in [5, 5.41) is 9.22. The van der Waals surface area contributed by atoms with Crippen molar-refractivity contribution in [1.82, 2.24) is 14.4 Å². The standard InChI is InChI=1S/C7H7N3O/c1-5-6-7(11)9-4-10(6)3-2-8-5/h2-4,11H,1H3. The SMILES string of the molecule is Cc1nccn2cnc(O)c12. The first kappa shape index (κ1) is 6.15. The van der Waals surface area contributed by atoms with Crippen LogP contribution in [0.15, 0.2) is 18.7 Å². The van der Waals surface area contributed by atoms with Gasteiger partial charge in [0.05, 0.1) is 5.69 Å². The first-order chi connectivity index (χ1) is 5.29. The predicted molar refractivity (Wildman–Crippen MR) is 39.4 cm³/mol. The topological polar surface area (TPSA) is 50.4 Å². The van der Waals surface area contributed by atoms with E-state index in [2.05, 4.69) is 9.97 Å². The molecule has 0 saturated heterocycles. The van der Waals surface area contributed by atoms with Gasteiger partial charge in [-0.05, 0) is 6.92 Å². The molecule has 0 aliphatic rings. The van der Waals surface area contributed by atoms with E-state index >= 15 is 0 Å². The Morgan fingerprint density at radius 3 is 3.00 bits per heavy atom. The number of hydrogen-bond acceptors (Lipinski definition) is 3. The van der Waals surface area contributed by atoms with E-state index in [0.29, 0.717) is 5.52 Å². The van der Waals surface area contributed by atoms with Gasteiger partial charge in [-0.1, -0.05) is 0 Å². The van der Waals surface area contributed by atoms with Crippen molar-refractivity contribution in [2.45, 2.75) is 6.92 Å². The normalized spacial score (nSPS) is 10.6. The Hall–Kier alpha value is -1.58. The maximum Gasteiger partial charge on any atom is 0.239 e. The molecule has 2 aromatic heterocycles. The highest BCUT2D eigenvalue weighted by Gasteiger charge is 2.03. The Bertz CT molecular complexity index is 393. The molecule has 0 atom stereocenters. The van der Waals surface area contributed by atoms with Gasteiger partial charge in [-0.2, -0.15) is 0 Å². The number of aryl methyl sites for hydroxylation is 1. The molecule has 4 heteroatoms. The molecule has 56 valence electrons. The van der Waals surface area contributed by atoms with Crippen LogP contribution in [-0.2, 0) is 0 Å². The number of aromatic hydroxyl groups is 1.